The van der Waals surface area contributed by atoms with E-state index in [4.69, 9.17) is 5.11 Å². The van der Waals surface area contributed by atoms with Crippen molar-refractivity contribution in [3.8, 4) is 0 Å². The lowest BCUT2D eigenvalue weighted by Gasteiger charge is -2.08. The molecule has 0 aliphatic heterocycles. The first kappa shape index (κ1) is 12.1. The van der Waals surface area contributed by atoms with E-state index in [1.54, 1.807) is 0 Å². The lowest BCUT2D eigenvalue weighted by atomic mass is 10.3. The van der Waals surface area contributed by atoms with Crippen LogP contribution in [0.4, 0.5) is 0 Å². The minimum atomic E-state index is -1.04. The number of carbonyl (C=O) groups is 2. The van der Waals surface area contributed by atoms with Gasteiger partial charge in [0, 0.05) is 4.90 Å². The van der Waals surface area contributed by atoms with Crippen molar-refractivity contribution in [3.63, 3.8) is 0 Å². The van der Waals surface area contributed by atoms with E-state index in [-0.39, 0.29) is 5.91 Å². The standard InChI is InChI=1S/C9H11NO3S2/c1-5(9(12)13)10-8(11)7-6(14-2)3-4-15-7/h3-5H,1-2H3,(H,10,11)(H,12,13)/t5-/m0/s1. The second-order valence-electron chi connectivity index (χ2n) is 2.85. The number of nitrogens with one attached hydrogen (secondary N) is 1. The second kappa shape index (κ2) is 5.18. The molecule has 82 valence electrons. The topological polar surface area (TPSA) is 66.4 Å². The highest BCUT2D eigenvalue weighted by molar-refractivity contribution is 7.98. The highest BCUT2D eigenvalue weighted by atomic mass is 32.2. The fourth-order valence-corrected chi connectivity index (χ4v) is 2.60. The van der Waals surface area contributed by atoms with Crippen LogP contribution < -0.4 is 5.32 Å². The van der Waals surface area contributed by atoms with Crippen molar-refractivity contribution in [3.05, 3.63) is 16.3 Å². The predicted molar refractivity (Wildman–Crippen MR) is 60.7 cm³/mol. The van der Waals surface area contributed by atoms with Gasteiger partial charge in [-0.25, -0.2) is 0 Å². The summed E-state index contributed by atoms with van der Waals surface area (Å²) in [6, 6.07) is 0.977. The summed E-state index contributed by atoms with van der Waals surface area (Å²) in [6.07, 6.45) is 1.87. The van der Waals surface area contributed by atoms with Crippen molar-refractivity contribution in [2.45, 2.75) is 17.9 Å². The van der Waals surface area contributed by atoms with Gasteiger partial charge in [-0.15, -0.1) is 23.1 Å². The van der Waals surface area contributed by atoms with Crippen molar-refractivity contribution >= 4 is 35.0 Å². The minimum Gasteiger partial charge on any atom is -0.480 e. The zero-order valence-electron chi connectivity index (χ0n) is 8.31. The van der Waals surface area contributed by atoms with Gasteiger partial charge in [-0.2, -0.15) is 0 Å². The van der Waals surface area contributed by atoms with Crippen LogP contribution in [0, 0.1) is 0 Å². The van der Waals surface area contributed by atoms with E-state index in [0.29, 0.717) is 4.88 Å². The monoisotopic (exact) mass is 245 g/mol. The molecule has 0 saturated heterocycles. The first-order chi connectivity index (χ1) is 7.06. The Morgan fingerprint density at radius 2 is 2.27 bits per heavy atom. The van der Waals surface area contributed by atoms with Crippen LogP contribution in [-0.4, -0.2) is 29.3 Å². The van der Waals surface area contributed by atoms with Crippen LogP contribution in [0.3, 0.4) is 0 Å². The fourth-order valence-electron chi connectivity index (χ4n) is 0.948. The van der Waals surface area contributed by atoms with Crippen molar-refractivity contribution in [1.29, 1.82) is 0 Å². The molecule has 0 aromatic carbocycles. The lowest BCUT2D eigenvalue weighted by molar-refractivity contribution is -0.138. The van der Waals surface area contributed by atoms with E-state index in [9.17, 15) is 9.59 Å². The molecule has 6 heteroatoms. The van der Waals surface area contributed by atoms with E-state index in [1.165, 1.54) is 30.0 Å². The molecule has 1 atom stereocenters. The Hall–Kier alpha value is -1.01. The highest BCUT2D eigenvalue weighted by Gasteiger charge is 2.18. The average Bonchev–Trinajstić information content (AvgIpc) is 2.64. The molecule has 0 unspecified atom stereocenters. The smallest absolute Gasteiger partial charge is 0.325 e. The molecular formula is C9H11NO3S2. The number of rotatable bonds is 4. The Morgan fingerprint density at radius 1 is 1.60 bits per heavy atom. The van der Waals surface area contributed by atoms with Crippen molar-refractivity contribution < 1.29 is 14.7 Å². The molecule has 0 radical (unpaired) electrons. The Bertz CT molecular complexity index is 375. The van der Waals surface area contributed by atoms with Gasteiger partial charge in [-0.1, -0.05) is 0 Å². The molecule has 0 bridgehead atoms. The number of thioether (sulfide) groups is 1. The maximum absolute atomic E-state index is 11.6. The van der Waals surface area contributed by atoms with Crippen molar-refractivity contribution in [1.82, 2.24) is 5.32 Å². The van der Waals surface area contributed by atoms with Crippen LogP contribution in [0.15, 0.2) is 16.3 Å². The van der Waals surface area contributed by atoms with E-state index in [0.717, 1.165) is 4.90 Å². The molecule has 0 saturated carbocycles. The van der Waals surface area contributed by atoms with Crippen LogP contribution in [0.1, 0.15) is 16.6 Å². The normalized spacial score (nSPS) is 12.1. The number of aliphatic carboxylic acids is 1. The van der Waals surface area contributed by atoms with Gasteiger partial charge in [0.2, 0.25) is 0 Å². The van der Waals surface area contributed by atoms with E-state index < -0.39 is 12.0 Å². The van der Waals surface area contributed by atoms with Gasteiger partial charge in [-0.3, -0.25) is 9.59 Å². The minimum absolute atomic E-state index is 0.329. The molecule has 0 aliphatic carbocycles. The number of thiophene rings is 1. The number of carbonyl (C=O) groups excluding carboxylic acids is 1. The third-order valence-corrected chi connectivity index (χ3v) is 3.60. The zero-order valence-corrected chi connectivity index (χ0v) is 9.95. The van der Waals surface area contributed by atoms with Gasteiger partial charge in [0.1, 0.15) is 10.9 Å². The summed E-state index contributed by atoms with van der Waals surface area (Å²) in [7, 11) is 0. The summed E-state index contributed by atoms with van der Waals surface area (Å²) in [4.78, 5) is 23.6. The van der Waals surface area contributed by atoms with E-state index >= 15 is 0 Å². The second-order valence-corrected chi connectivity index (χ2v) is 4.62. The first-order valence-corrected chi connectivity index (χ1v) is 6.32. The van der Waals surface area contributed by atoms with Crippen molar-refractivity contribution in [2.75, 3.05) is 6.26 Å². The molecule has 1 aromatic heterocycles. The van der Waals surface area contributed by atoms with Gasteiger partial charge >= 0.3 is 5.97 Å². The Kier molecular flexibility index (Phi) is 4.16. The predicted octanol–water partition coefficient (Wildman–Crippen LogP) is 1.67. The first-order valence-electron chi connectivity index (χ1n) is 4.21. The van der Waals surface area contributed by atoms with E-state index in [2.05, 4.69) is 5.32 Å². The molecule has 4 nitrogen and oxygen atoms in total. The zero-order chi connectivity index (χ0) is 11.4. The molecule has 0 fully saturated rings. The summed E-state index contributed by atoms with van der Waals surface area (Å²) in [6.45, 7) is 1.44. The molecule has 1 heterocycles. The van der Waals surface area contributed by atoms with Crippen LogP contribution in [0.5, 0.6) is 0 Å². The van der Waals surface area contributed by atoms with Crippen LogP contribution in [0.2, 0.25) is 0 Å². The number of hydrogen-bond acceptors (Lipinski definition) is 4. The summed E-state index contributed by atoms with van der Waals surface area (Å²) in [5.41, 5.74) is 0. The van der Waals surface area contributed by atoms with Crippen LogP contribution >= 0.6 is 23.1 Å². The van der Waals surface area contributed by atoms with Gasteiger partial charge < -0.3 is 10.4 Å². The number of carboxylic acid groups (broad SMARTS) is 1. The molecule has 1 rings (SSSR count). The quantitative estimate of drug-likeness (QED) is 0.792. The SMILES string of the molecule is CSc1ccsc1C(=O)N[C@@H](C)C(=O)O. The van der Waals surface area contributed by atoms with Gasteiger partial charge in [-0.05, 0) is 24.6 Å². The summed E-state index contributed by atoms with van der Waals surface area (Å²) in [5.74, 6) is -1.37. The number of carboxylic acids is 1. The molecule has 1 aromatic rings. The lowest BCUT2D eigenvalue weighted by Crippen LogP contribution is -2.38. The molecule has 1 amide bonds. The average molecular weight is 245 g/mol. The molecule has 15 heavy (non-hydrogen) atoms. The summed E-state index contributed by atoms with van der Waals surface area (Å²) < 4.78 is 0. The maximum atomic E-state index is 11.6. The third kappa shape index (κ3) is 2.97. The van der Waals surface area contributed by atoms with Gasteiger partial charge in [0.15, 0.2) is 0 Å². The maximum Gasteiger partial charge on any atom is 0.325 e. The number of hydrogen-bond donors (Lipinski definition) is 2. The number of amides is 1. The third-order valence-electron chi connectivity index (χ3n) is 1.77. The van der Waals surface area contributed by atoms with Gasteiger partial charge in [0.05, 0.1) is 0 Å². The Morgan fingerprint density at radius 3 is 2.80 bits per heavy atom. The Labute approximate surface area is 95.7 Å². The van der Waals surface area contributed by atoms with Crippen LogP contribution in [0.25, 0.3) is 0 Å². The van der Waals surface area contributed by atoms with Crippen LogP contribution in [-0.2, 0) is 4.79 Å². The molecular weight excluding hydrogens is 234 g/mol. The molecule has 0 spiro atoms. The fraction of sp³-hybridized carbons (Fsp3) is 0.333. The summed E-state index contributed by atoms with van der Waals surface area (Å²) >= 11 is 2.78. The molecule has 2 N–H and O–H groups in total. The molecule has 0 aliphatic rings. The summed E-state index contributed by atoms with van der Waals surface area (Å²) in [5, 5.41) is 12.9. The highest BCUT2D eigenvalue weighted by Crippen LogP contribution is 2.25. The largest absolute Gasteiger partial charge is 0.480 e. The van der Waals surface area contributed by atoms with Gasteiger partial charge in [0.25, 0.3) is 5.91 Å². The van der Waals surface area contributed by atoms with E-state index in [1.807, 2.05) is 17.7 Å². The van der Waals surface area contributed by atoms with Crippen molar-refractivity contribution in [2.24, 2.45) is 0 Å². The Balaban J connectivity index is 2.73.